The zero-order valence-electron chi connectivity index (χ0n) is 21.9. The fourth-order valence-corrected chi connectivity index (χ4v) is 6.76. The van der Waals surface area contributed by atoms with E-state index >= 15 is 0 Å². The van der Waals surface area contributed by atoms with E-state index in [9.17, 15) is 4.79 Å². The van der Waals surface area contributed by atoms with Gasteiger partial charge in [0.15, 0.2) is 0 Å². The van der Waals surface area contributed by atoms with E-state index in [2.05, 4.69) is 89.4 Å². The summed E-state index contributed by atoms with van der Waals surface area (Å²) in [7, 11) is 0. The van der Waals surface area contributed by atoms with Crippen LogP contribution in [0.4, 0.5) is 5.95 Å². The number of rotatable bonds is 3. The van der Waals surface area contributed by atoms with Crippen LogP contribution >= 0.6 is 0 Å². The van der Waals surface area contributed by atoms with Gasteiger partial charge < -0.3 is 15.6 Å². The molecule has 1 atom stereocenters. The minimum atomic E-state index is -0.104. The molecule has 38 heavy (non-hydrogen) atoms. The maximum Gasteiger partial charge on any atom is 0.262 e. The number of nitrogens with two attached hydrogens (primary N) is 1. The van der Waals surface area contributed by atoms with Crippen molar-refractivity contribution in [2.75, 3.05) is 18.0 Å². The number of nitrogens with one attached hydrogen (secondary N) is 2. The van der Waals surface area contributed by atoms with Crippen molar-refractivity contribution in [2.24, 2.45) is 11.1 Å². The van der Waals surface area contributed by atoms with Crippen LogP contribution in [0.1, 0.15) is 55.3 Å². The molecule has 1 fully saturated rings. The highest BCUT2D eigenvalue weighted by Crippen LogP contribution is 2.52. The van der Waals surface area contributed by atoms with Gasteiger partial charge in [-0.15, -0.1) is 0 Å². The Morgan fingerprint density at radius 1 is 1.05 bits per heavy atom. The number of H-pyrrole nitrogens is 2. The molecule has 4 N–H and O–H groups in total. The number of aromatic amines is 2. The monoisotopic (exact) mass is 503 g/mol. The zero-order valence-corrected chi connectivity index (χ0v) is 21.9. The average Bonchev–Trinajstić information content (AvgIpc) is 3.49. The average molecular weight is 504 g/mol. The fourth-order valence-electron chi connectivity index (χ4n) is 6.76. The topological polar surface area (TPSA) is 90.8 Å². The van der Waals surface area contributed by atoms with Crippen LogP contribution in [0.2, 0.25) is 0 Å². The molecule has 192 valence electrons. The van der Waals surface area contributed by atoms with Gasteiger partial charge in [0, 0.05) is 30.9 Å². The number of benzene rings is 3. The zero-order chi connectivity index (χ0) is 26.0. The van der Waals surface area contributed by atoms with Gasteiger partial charge in [0.05, 0.1) is 5.39 Å². The predicted molar refractivity (Wildman–Crippen MR) is 155 cm³/mol. The van der Waals surface area contributed by atoms with E-state index in [1.54, 1.807) is 0 Å². The first kappa shape index (κ1) is 23.2. The van der Waals surface area contributed by atoms with Crippen molar-refractivity contribution in [2.45, 2.75) is 45.1 Å². The van der Waals surface area contributed by atoms with Crippen LogP contribution in [0.3, 0.4) is 0 Å². The Hall–Kier alpha value is -3.90. The van der Waals surface area contributed by atoms with Crippen molar-refractivity contribution in [3.8, 4) is 11.1 Å². The van der Waals surface area contributed by atoms with Gasteiger partial charge in [0.2, 0.25) is 5.95 Å². The third-order valence-electron chi connectivity index (χ3n) is 9.05. The number of hydrogen-bond donors (Lipinski definition) is 3. The summed E-state index contributed by atoms with van der Waals surface area (Å²) in [6, 6.07) is 21.5. The molecule has 2 aromatic heterocycles. The second kappa shape index (κ2) is 8.57. The lowest BCUT2D eigenvalue weighted by Crippen LogP contribution is -2.45. The molecule has 1 spiro atoms. The van der Waals surface area contributed by atoms with Crippen LogP contribution in [0, 0.1) is 5.41 Å². The van der Waals surface area contributed by atoms with E-state index in [-0.39, 0.29) is 17.0 Å². The maximum absolute atomic E-state index is 13.3. The van der Waals surface area contributed by atoms with Crippen LogP contribution in [-0.4, -0.2) is 28.0 Å². The highest BCUT2D eigenvalue weighted by Gasteiger charge is 2.46. The fraction of sp³-hybridized carbons (Fsp3) is 0.312. The van der Waals surface area contributed by atoms with Gasteiger partial charge in [-0.3, -0.25) is 9.78 Å². The lowest BCUT2D eigenvalue weighted by molar-refractivity contribution is 0.187. The van der Waals surface area contributed by atoms with Crippen LogP contribution in [0.25, 0.3) is 32.9 Å². The Kier molecular flexibility index (Phi) is 5.24. The summed E-state index contributed by atoms with van der Waals surface area (Å²) in [6.45, 7) is 5.99. The van der Waals surface area contributed by atoms with Crippen molar-refractivity contribution in [3.63, 3.8) is 0 Å². The van der Waals surface area contributed by atoms with Crippen LogP contribution in [0.5, 0.6) is 0 Å². The number of fused-ring (bicyclic) bond motifs is 4. The molecule has 6 nitrogen and oxygen atoms in total. The van der Waals surface area contributed by atoms with Crippen molar-refractivity contribution in [1.29, 1.82) is 0 Å². The third kappa shape index (κ3) is 3.51. The van der Waals surface area contributed by atoms with Gasteiger partial charge in [0.1, 0.15) is 5.65 Å². The SMILES string of the molecule is CC(C)c1cccc(-c2c[nH]c3nc(N4CCC5(CC4)Cc4c(ccc6ccccc46)[C@H]5N)[nH]c(=O)c23)c1. The minimum absolute atomic E-state index is 0.0336. The summed E-state index contributed by atoms with van der Waals surface area (Å²) in [4.78, 5) is 26.8. The van der Waals surface area contributed by atoms with E-state index in [1.807, 2.05) is 6.20 Å². The van der Waals surface area contributed by atoms with Gasteiger partial charge in [-0.1, -0.05) is 74.5 Å². The first-order valence-electron chi connectivity index (χ1n) is 13.7. The molecule has 0 amide bonds. The van der Waals surface area contributed by atoms with Gasteiger partial charge in [0.25, 0.3) is 5.56 Å². The highest BCUT2D eigenvalue weighted by molar-refractivity contribution is 5.93. The Morgan fingerprint density at radius 2 is 1.87 bits per heavy atom. The molecule has 0 radical (unpaired) electrons. The molecule has 1 aliphatic carbocycles. The van der Waals surface area contributed by atoms with E-state index < -0.39 is 0 Å². The van der Waals surface area contributed by atoms with Crippen molar-refractivity contribution >= 4 is 27.8 Å². The van der Waals surface area contributed by atoms with Crippen LogP contribution < -0.4 is 16.2 Å². The summed E-state index contributed by atoms with van der Waals surface area (Å²) >= 11 is 0. The molecule has 3 heterocycles. The Balaban J connectivity index is 1.16. The lowest BCUT2D eigenvalue weighted by atomic mass is 9.73. The van der Waals surface area contributed by atoms with Gasteiger partial charge in [-0.2, -0.15) is 4.98 Å². The number of anilines is 1. The highest BCUT2D eigenvalue weighted by atomic mass is 16.1. The number of hydrogen-bond acceptors (Lipinski definition) is 4. The molecular formula is C32H33N5O. The molecule has 0 unspecified atom stereocenters. The van der Waals surface area contributed by atoms with Crippen LogP contribution in [0.15, 0.2) is 71.7 Å². The first-order chi connectivity index (χ1) is 18.4. The van der Waals surface area contributed by atoms with Crippen molar-refractivity contribution in [1.82, 2.24) is 15.0 Å². The molecule has 3 aromatic carbocycles. The predicted octanol–water partition coefficient (Wildman–Crippen LogP) is 6.04. The standard InChI is InChI=1S/C32H33N5O/c1-19(2)21-7-5-8-22(16-21)26-18-34-29-27(26)30(38)36-31(35-29)37-14-12-32(13-15-37)17-25-23-9-4-3-6-20(23)10-11-24(25)28(32)33/h3-11,16,18-19,28H,12-15,17,33H2,1-2H3,(H2,34,35,36,38)/t28-/m1/s1. The quantitative estimate of drug-likeness (QED) is 0.280. The van der Waals surface area contributed by atoms with Crippen LogP contribution in [-0.2, 0) is 6.42 Å². The Morgan fingerprint density at radius 3 is 2.68 bits per heavy atom. The van der Waals surface area contributed by atoms with Gasteiger partial charge >= 0.3 is 0 Å². The van der Waals surface area contributed by atoms with Gasteiger partial charge in [-0.05, 0) is 63.6 Å². The molecule has 2 aliphatic rings. The molecule has 1 saturated heterocycles. The normalized spacial score (nSPS) is 18.6. The molecular weight excluding hydrogens is 470 g/mol. The summed E-state index contributed by atoms with van der Waals surface area (Å²) in [5.74, 6) is 1.06. The Bertz CT molecular complexity index is 1740. The lowest BCUT2D eigenvalue weighted by Gasteiger charge is -2.42. The molecule has 6 heteroatoms. The largest absolute Gasteiger partial charge is 0.345 e. The van der Waals surface area contributed by atoms with Gasteiger partial charge in [-0.25, -0.2) is 0 Å². The minimum Gasteiger partial charge on any atom is -0.345 e. The number of nitrogens with zero attached hydrogens (tertiary/aromatic N) is 2. The second-order valence-corrected chi connectivity index (χ2v) is 11.5. The number of aromatic nitrogens is 3. The molecule has 7 rings (SSSR count). The van der Waals surface area contributed by atoms with E-state index in [4.69, 9.17) is 10.7 Å². The summed E-state index contributed by atoms with van der Waals surface area (Å²) in [5, 5.41) is 3.23. The van der Waals surface area contributed by atoms with E-state index in [1.165, 1.54) is 27.5 Å². The second-order valence-electron chi connectivity index (χ2n) is 11.5. The van der Waals surface area contributed by atoms with E-state index in [0.29, 0.717) is 22.9 Å². The Labute approximate surface area is 221 Å². The maximum atomic E-state index is 13.3. The van der Waals surface area contributed by atoms with Crippen molar-refractivity contribution < 1.29 is 0 Å². The number of piperidine rings is 1. The summed E-state index contributed by atoms with van der Waals surface area (Å²) < 4.78 is 0. The smallest absolute Gasteiger partial charge is 0.262 e. The summed E-state index contributed by atoms with van der Waals surface area (Å²) in [5.41, 5.74) is 13.4. The molecule has 0 bridgehead atoms. The van der Waals surface area contributed by atoms with Crippen molar-refractivity contribution in [3.05, 3.63) is 93.9 Å². The molecule has 0 saturated carbocycles. The first-order valence-corrected chi connectivity index (χ1v) is 13.7. The third-order valence-corrected chi connectivity index (χ3v) is 9.05. The summed E-state index contributed by atoms with van der Waals surface area (Å²) in [6.07, 6.45) is 4.85. The molecule has 5 aromatic rings. The van der Waals surface area contributed by atoms with E-state index in [0.717, 1.165) is 43.5 Å². The molecule has 1 aliphatic heterocycles.